The van der Waals surface area contributed by atoms with E-state index < -0.39 is 18.1 Å². The first-order chi connectivity index (χ1) is 10.9. The lowest BCUT2D eigenvalue weighted by atomic mass is 10.1. The third-order valence-electron chi connectivity index (χ3n) is 2.70. The summed E-state index contributed by atoms with van der Waals surface area (Å²) in [5.41, 5.74) is 0.393. The fourth-order valence-corrected chi connectivity index (χ4v) is 2.25. The minimum atomic E-state index is -4.81. The van der Waals surface area contributed by atoms with E-state index in [0.717, 1.165) is 12.1 Å². The van der Waals surface area contributed by atoms with Crippen molar-refractivity contribution in [1.29, 1.82) is 0 Å². The smallest absolute Gasteiger partial charge is 0.462 e. The second-order valence-electron chi connectivity index (χ2n) is 4.26. The molecule has 2 rings (SSSR count). The van der Waals surface area contributed by atoms with Gasteiger partial charge in [-0.25, -0.2) is 4.79 Å². The van der Waals surface area contributed by atoms with Gasteiger partial charge in [-0.1, -0.05) is 33.2 Å². The molecule has 0 radical (unpaired) electrons. The Morgan fingerprint density at radius 3 is 2.74 bits per heavy atom. The number of rotatable bonds is 5. The zero-order valence-electron chi connectivity index (χ0n) is 11.8. The maximum absolute atomic E-state index is 12.3. The summed E-state index contributed by atoms with van der Waals surface area (Å²) >= 11 is 3.15. The van der Waals surface area contributed by atoms with E-state index in [1.807, 2.05) is 0 Å². The summed E-state index contributed by atoms with van der Waals surface area (Å²) in [5.74, 6) is -0.867. The molecule has 0 atom stereocenters. The molecule has 0 aliphatic carbocycles. The Bertz CT molecular complexity index is 700. The largest absolute Gasteiger partial charge is 0.573 e. The first-order valence-electron chi connectivity index (χ1n) is 6.43. The van der Waals surface area contributed by atoms with Gasteiger partial charge >= 0.3 is 12.3 Å². The van der Waals surface area contributed by atoms with E-state index in [1.165, 1.54) is 12.1 Å². The van der Waals surface area contributed by atoms with E-state index in [1.54, 1.807) is 6.92 Å². The van der Waals surface area contributed by atoms with E-state index in [-0.39, 0.29) is 34.5 Å². The van der Waals surface area contributed by atoms with E-state index in [2.05, 4.69) is 25.8 Å². The number of nitrogens with zero attached hydrogens (tertiary/aromatic N) is 1. The molecule has 0 aliphatic rings. The van der Waals surface area contributed by atoms with Crippen molar-refractivity contribution in [3.8, 4) is 17.0 Å². The molecule has 0 saturated carbocycles. The van der Waals surface area contributed by atoms with Gasteiger partial charge < -0.3 is 14.0 Å². The molecule has 0 unspecified atom stereocenters. The number of esters is 1. The molecule has 5 nitrogen and oxygen atoms in total. The van der Waals surface area contributed by atoms with Crippen molar-refractivity contribution in [3.05, 3.63) is 35.6 Å². The number of benzene rings is 1. The van der Waals surface area contributed by atoms with Gasteiger partial charge in [0.25, 0.3) is 0 Å². The van der Waals surface area contributed by atoms with Crippen LogP contribution in [0.4, 0.5) is 13.2 Å². The second kappa shape index (κ2) is 7.03. The predicted octanol–water partition coefficient (Wildman–Crippen LogP) is 4.31. The molecule has 0 amide bonds. The zero-order valence-corrected chi connectivity index (χ0v) is 13.4. The number of ether oxygens (including phenoxy) is 2. The average Bonchev–Trinajstić information content (AvgIpc) is 2.90. The normalized spacial score (nSPS) is 11.3. The summed E-state index contributed by atoms with van der Waals surface area (Å²) in [4.78, 5) is 12.0. The van der Waals surface area contributed by atoms with Crippen molar-refractivity contribution >= 4 is 21.9 Å². The number of hydrogen-bond acceptors (Lipinski definition) is 5. The Hall–Kier alpha value is -2.03. The minimum Gasteiger partial charge on any atom is -0.462 e. The predicted molar refractivity (Wildman–Crippen MR) is 77.2 cm³/mol. The van der Waals surface area contributed by atoms with Crippen molar-refractivity contribution in [2.75, 3.05) is 6.61 Å². The third kappa shape index (κ3) is 4.25. The van der Waals surface area contributed by atoms with E-state index in [0.29, 0.717) is 0 Å². The molecule has 0 bridgehead atoms. The minimum absolute atomic E-state index is 0.0629. The van der Waals surface area contributed by atoms with Crippen LogP contribution in [0.15, 0.2) is 28.8 Å². The lowest BCUT2D eigenvalue weighted by molar-refractivity contribution is -0.274. The summed E-state index contributed by atoms with van der Waals surface area (Å²) in [6.45, 7) is 1.78. The number of hydrogen-bond donors (Lipinski definition) is 0. The summed E-state index contributed by atoms with van der Waals surface area (Å²) in [6, 6.07) is 5.11. The SMILES string of the molecule is CCOC(=O)c1c(-c2cccc(OC(F)(F)F)c2)noc1CBr. The summed E-state index contributed by atoms with van der Waals surface area (Å²) in [6.07, 6.45) is -4.81. The van der Waals surface area contributed by atoms with Gasteiger partial charge in [0.15, 0.2) is 5.76 Å². The van der Waals surface area contributed by atoms with Crippen molar-refractivity contribution in [1.82, 2.24) is 5.16 Å². The Labute approximate surface area is 137 Å². The zero-order chi connectivity index (χ0) is 17.0. The highest BCUT2D eigenvalue weighted by Gasteiger charge is 2.31. The third-order valence-corrected chi connectivity index (χ3v) is 3.21. The summed E-state index contributed by atoms with van der Waals surface area (Å²) < 4.78 is 50.8. The van der Waals surface area contributed by atoms with Crippen LogP contribution in [0, 0.1) is 0 Å². The van der Waals surface area contributed by atoms with Gasteiger partial charge in [0, 0.05) is 5.56 Å². The quantitative estimate of drug-likeness (QED) is 0.559. The maximum Gasteiger partial charge on any atom is 0.573 e. The highest BCUT2D eigenvalue weighted by Crippen LogP contribution is 2.31. The summed E-state index contributed by atoms with van der Waals surface area (Å²) in [7, 11) is 0. The van der Waals surface area contributed by atoms with Crippen molar-refractivity contribution in [2.45, 2.75) is 18.6 Å². The number of carbonyl (C=O) groups excluding carboxylic acids is 1. The van der Waals surface area contributed by atoms with Crippen LogP contribution in [-0.4, -0.2) is 24.1 Å². The monoisotopic (exact) mass is 393 g/mol. The van der Waals surface area contributed by atoms with Gasteiger partial charge in [0.05, 0.1) is 11.9 Å². The number of halogens is 4. The van der Waals surface area contributed by atoms with Crippen LogP contribution >= 0.6 is 15.9 Å². The standard InChI is InChI=1S/C14H11BrF3NO4/c1-2-21-13(20)11-10(7-15)23-19-12(11)8-4-3-5-9(6-8)22-14(16,17)18/h3-6H,2,7H2,1H3. The molecule has 1 heterocycles. The van der Waals surface area contributed by atoms with Crippen molar-refractivity contribution < 1.29 is 32.0 Å². The molecular weight excluding hydrogens is 383 g/mol. The maximum atomic E-state index is 12.3. The number of carbonyl (C=O) groups is 1. The van der Waals surface area contributed by atoms with E-state index in [9.17, 15) is 18.0 Å². The van der Waals surface area contributed by atoms with Gasteiger partial charge in [0.2, 0.25) is 0 Å². The molecule has 23 heavy (non-hydrogen) atoms. The van der Waals surface area contributed by atoms with Crippen LogP contribution < -0.4 is 4.74 Å². The van der Waals surface area contributed by atoms with Crippen LogP contribution in [-0.2, 0) is 10.1 Å². The molecule has 0 spiro atoms. The van der Waals surface area contributed by atoms with Gasteiger partial charge in [-0.05, 0) is 19.1 Å². The molecule has 1 aromatic heterocycles. The molecule has 0 N–H and O–H groups in total. The van der Waals surface area contributed by atoms with Crippen LogP contribution in [0.1, 0.15) is 23.0 Å². The van der Waals surface area contributed by atoms with Crippen LogP contribution in [0.5, 0.6) is 5.75 Å². The number of aromatic nitrogens is 1. The fourth-order valence-electron chi connectivity index (χ4n) is 1.87. The first-order valence-corrected chi connectivity index (χ1v) is 7.55. The van der Waals surface area contributed by atoms with E-state index >= 15 is 0 Å². The molecule has 124 valence electrons. The second-order valence-corrected chi connectivity index (χ2v) is 4.82. The van der Waals surface area contributed by atoms with Gasteiger partial charge in [0.1, 0.15) is 17.0 Å². The summed E-state index contributed by atoms with van der Waals surface area (Å²) in [5, 5.41) is 3.96. The van der Waals surface area contributed by atoms with Gasteiger partial charge in [-0.3, -0.25) is 0 Å². The number of alkyl halides is 4. The molecular formula is C14H11BrF3NO4. The van der Waals surface area contributed by atoms with Crippen LogP contribution in [0.3, 0.4) is 0 Å². The van der Waals surface area contributed by atoms with Crippen molar-refractivity contribution in [2.24, 2.45) is 0 Å². The molecule has 1 aromatic carbocycles. The van der Waals surface area contributed by atoms with E-state index in [4.69, 9.17) is 9.26 Å². The van der Waals surface area contributed by atoms with Crippen molar-refractivity contribution in [3.63, 3.8) is 0 Å². The lowest BCUT2D eigenvalue weighted by Crippen LogP contribution is -2.17. The average molecular weight is 394 g/mol. The van der Waals surface area contributed by atoms with Crippen LogP contribution in [0.2, 0.25) is 0 Å². The highest BCUT2D eigenvalue weighted by molar-refractivity contribution is 9.08. The Morgan fingerprint density at radius 1 is 1.39 bits per heavy atom. The molecule has 9 heteroatoms. The Kier molecular flexibility index (Phi) is 5.30. The Morgan fingerprint density at radius 2 is 2.13 bits per heavy atom. The molecule has 0 aliphatic heterocycles. The first kappa shape index (κ1) is 17.3. The van der Waals surface area contributed by atoms with Gasteiger partial charge in [-0.2, -0.15) is 0 Å². The topological polar surface area (TPSA) is 61.6 Å². The molecule has 0 fully saturated rings. The molecule has 0 saturated heterocycles. The molecule has 2 aromatic rings. The highest BCUT2D eigenvalue weighted by atomic mass is 79.9. The Balaban J connectivity index is 2.44. The van der Waals surface area contributed by atoms with Gasteiger partial charge in [-0.15, -0.1) is 13.2 Å². The van der Waals surface area contributed by atoms with Crippen LogP contribution in [0.25, 0.3) is 11.3 Å². The lowest BCUT2D eigenvalue weighted by Gasteiger charge is -2.09. The fraction of sp³-hybridized carbons (Fsp3) is 0.286.